The molecule has 9 nitrogen and oxygen atoms in total. The van der Waals surface area contributed by atoms with Crippen LogP contribution in [-0.2, 0) is 14.3 Å². The number of hydrogen-bond acceptors (Lipinski definition) is 6. The summed E-state index contributed by atoms with van der Waals surface area (Å²) >= 11 is 1.07. The quantitative estimate of drug-likeness (QED) is 0.540. The van der Waals surface area contributed by atoms with Crippen LogP contribution in [0.5, 0.6) is 0 Å². The van der Waals surface area contributed by atoms with E-state index in [1.54, 1.807) is 11.0 Å². The van der Waals surface area contributed by atoms with Gasteiger partial charge in [-0.3, -0.25) is 9.59 Å². The number of carbonyl (C=O) groups is 4. The number of carboxylic acid groups (broad SMARTS) is 1. The van der Waals surface area contributed by atoms with Crippen LogP contribution < -0.4 is 10.2 Å². The monoisotopic (exact) mass is 543 g/mol. The molecule has 0 bridgehead atoms. The highest BCUT2D eigenvalue weighted by molar-refractivity contribution is 7.15. The molecule has 206 valence electrons. The van der Waals surface area contributed by atoms with Crippen LogP contribution in [0.4, 0.5) is 10.5 Å². The van der Waals surface area contributed by atoms with Crippen LogP contribution in [0.2, 0.25) is 0 Å². The first-order chi connectivity index (χ1) is 17.9. The van der Waals surface area contributed by atoms with Gasteiger partial charge < -0.3 is 25.0 Å². The molecule has 3 fully saturated rings. The second-order valence-corrected chi connectivity index (χ2v) is 12.7. The molecule has 0 aromatic carbocycles. The van der Waals surface area contributed by atoms with Crippen LogP contribution in [0.3, 0.4) is 0 Å². The van der Waals surface area contributed by atoms with Gasteiger partial charge >= 0.3 is 12.1 Å². The predicted octanol–water partition coefficient (Wildman–Crippen LogP) is 4.10. The second kappa shape index (κ2) is 11.4. The summed E-state index contributed by atoms with van der Waals surface area (Å²) in [6.45, 7) is 9.16. The van der Waals surface area contributed by atoms with E-state index in [1.807, 2.05) is 20.8 Å². The van der Waals surface area contributed by atoms with E-state index in [1.165, 1.54) is 4.90 Å². The largest absolute Gasteiger partial charge is 0.477 e. The first-order valence-corrected chi connectivity index (χ1v) is 14.2. The van der Waals surface area contributed by atoms with Gasteiger partial charge in [0.25, 0.3) is 5.91 Å². The fraction of sp³-hybridized carbons (Fsp3) is 0.643. The van der Waals surface area contributed by atoms with Crippen molar-refractivity contribution in [2.24, 2.45) is 17.3 Å². The number of aromatic carboxylic acids is 1. The van der Waals surface area contributed by atoms with E-state index < -0.39 is 24.2 Å². The summed E-state index contributed by atoms with van der Waals surface area (Å²) < 4.78 is 5.42. The fourth-order valence-electron chi connectivity index (χ4n) is 5.22. The fourth-order valence-corrected chi connectivity index (χ4v) is 6.06. The Bertz CT molecular complexity index is 1150. The Hall–Kier alpha value is -3.06. The molecule has 2 aliphatic heterocycles. The molecule has 1 aromatic rings. The number of carboxylic acids is 1. The highest BCUT2D eigenvalue weighted by atomic mass is 32.1. The number of nitrogens with one attached hydrogen (secondary N) is 1. The molecule has 2 saturated heterocycles. The summed E-state index contributed by atoms with van der Waals surface area (Å²) in [5.74, 6) is 5.10. The number of thiophene rings is 1. The maximum Gasteiger partial charge on any atom is 0.410 e. The zero-order chi connectivity index (χ0) is 27.6. The summed E-state index contributed by atoms with van der Waals surface area (Å²) in [6.07, 6.45) is 2.95. The van der Waals surface area contributed by atoms with E-state index in [4.69, 9.17) is 4.74 Å². The summed E-state index contributed by atoms with van der Waals surface area (Å²) in [7, 11) is 0. The van der Waals surface area contributed by atoms with Gasteiger partial charge in [-0.1, -0.05) is 18.8 Å². The molecule has 0 spiro atoms. The predicted molar refractivity (Wildman–Crippen MR) is 144 cm³/mol. The molecule has 0 radical (unpaired) electrons. The zero-order valence-electron chi connectivity index (χ0n) is 22.5. The molecular weight excluding hydrogens is 506 g/mol. The Morgan fingerprint density at radius 3 is 2.47 bits per heavy atom. The number of carbonyl (C=O) groups excluding carboxylic acids is 3. The maximum atomic E-state index is 14.0. The third-order valence-electron chi connectivity index (χ3n) is 7.36. The van der Waals surface area contributed by atoms with Crippen LogP contribution in [-0.4, -0.2) is 65.7 Å². The van der Waals surface area contributed by atoms with Crippen LogP contribution in [0, 0.1) is 29.1 Å². The number of rotatable bonds is 5. The van der Waals surface area contributed by atoms with E-state index in [-0.39, 0.29) is 34.6 Å². The van der Waals surface area contributed by atoms with Crippen molar-refractivity contribution < 1.29 is 29.0 Å². The number of hydrogen-bond donors (Lipinski definition) is 2. The minimum absolute atomic E-state index is 0.0735. The van der Waals surface area contributed by atoms with E-state index in [9.17, 15) is 24.3 Å². The van der Waals surface area contributed by atoms with E-state index in [0.29, 0.717) is 42.4 Å². The molecule has 1 saturated carbocycles. The molecule has 3 aliphatic rings. The van der Waals surface area contributed by atoms with Gasteiger partial charge in [0.1, 0.15) is 4.88 Å². The molecule has 38 heavy (non-hydrogen) atoms. The number of likely N-dealkylation sites (tertiary alicyclic amines) is 1. The average molecular weight is 544 g/mol. The molecule has 1 aromatic heterocycles. The minimum atomic E-state index is -1.11. The minimum Gasteiger partial charge on any atom is -0.477 e. The van der Waals surface area contributed by atoms with E-state index >= 15 is 0 Å². The van der Waals surface area contributed by atoms with Gasteiger partial charge in [-0.15, -0.1) is 11.3 Å². The van der Waals surface area contributed by atoms with Gasteiger partial charge in [-0.05, 0) is 64.9 Å². The Morgan fingerprint density at radius 1 is 1.16 bits per heavy atom. The molecule has 10 heteroatoms. The maximum absolute atomic E-state index is 14.0. The molecule has 4 rings (SSSR count). The number of ether oxygens (including phenoxy) is 1. The first-order valence-electron chi connectivity index (χ1n) is 13.4. The summed E-state index contributed by atoms with van der Waals surface area (Å²) in [5.41, 5.74) is 0.0874. The van der Waals surface area contributed by atoms with Crippen molar-refractivity contribution in [2.75, 3.05) is 24.5 Å². The lowest BCUT2D eigenvalue weighted by molar-refractivity contribution is -0.126. The van der Waals surface area contributed by atoms with Crippen molar-refractivity contribution in [1.29, 1.82) is 0 Å². The number of nitrogens with zero attached hydrogens (tertiary/aromatic N) is 2. The zero-order valence-corrected chi connectivity index (χ0v) is 23.4. The van der Waals surface area contributed by atoms with Crippen LogP contribution in [0.15, 0.2) is 6.07 Å². The number of anilines is 1. The average Bonchev–Trinajstić information content (AvgIpc) is 3.59. The third kappa shape index (κ3) is 6.49. The normalized spacial score (nSPS) is 25.4. The van der Waals surface area contributed by atoms with Crippen LogP contribution >= 0.6 is 11.3 Å². The van der Waals surface area contributed by atoms with Crippen molar-refractivity contribution in [3.63, 3.8) is 0 Å². The topological polar surface area (TPSA) is 116 Å². The van der Waals surface area contributed by atoms with Gasteiger partial charge in [0.15, 0.2) is 6.10 Å². The second-order valence-electron chi connectivity index (χ2n) is 11.6. The molecule has 1 aliphatic carbocycles. The molecule has 2 unspecified atom stereocenters. The Kier molecular flexibility index (Phi) is 8.36. The Morgan fingerprint density at radius 2 is 1.87 bits per heavy atom. The van der Waals surface area contributed by atoms with Crippen molar-refractivity contribution >= 4 is 40.9 Å². The SMILES string of the molecule is CC1CCC(C(=O)N(c2cc(C#CC(C)(C)C)sc2C(=O)O)C2CCN(C(=O)OC3CCNC3=O)C2)CC1. The summed E-state index contributed by atoms with van der Waals surface area (Å²) in [5, 5.41) is 12.7. The van der Waals surface area contributed by atoms with E-state index in [0.717, 1.165) is 37.0 Å². The van der Waals surface area contributed by atoms with Crippen molar-refractivity contribution in [3.8, 4) is 11.8 Å². The van der Waals surface area contributed by atoms with Gasteiger partial charge in [0, 0.05) is 37.4 Å². The lowest BCUT2D eigenvalue weighted by atomic mass is 9.82. The first kappa shape index (κ1) is 28.0. The lowest BCUT2D eigenvalue weighted by Gasteiger charge is -2.34. The molecule has 3 heterocycles. The lowest BCUT2D eigenvalue weighted by Crippen LogP contribution is -2.47. The molecule has 3 amide bonds. The number of amides is 3. The summed E-state index contributed by atoms with van der Waals surface area (Å²) in [6, 6.07) is 1.31. The Labute approximate surface area is 227 Å². The van der Waals surface area contributed by atoms with Gasteiger partial charge in [0.2, 0.25) is 5.91 Å². The van der Waals surface area contributed by atoms with Crippen molar-refractivity contribution in [3.05, 3.63) is 15.8 Å². The van der Waals surface area contributed by atoms with Crippen molar-refractivity contribution in [2.45, 2.75) is 78.4 Å². The Balaban J connectivity index is 1.62. The summed E-state index contributed by atoms with van der Waals surface area (Å²) in [4.78, 5) is 54.8. The van der Waals surface area contributed by atoms with Gasteiger partial charge in [0.05, 0.1) is 16.6 Å². The smallest absolute Gasteiger partial charge is 0.410 e. The standard InChI is InChI=1S/C28H37N3O6S/c1-17-5-7-18(8-6-17)25(33)31(21-15-20(9-12-28(2,3)4)38-23(21)26(34)35)19-11-14-30(16-19)27(36)37-22-10-13-29-24(22)32/h15,17-19,22H,5-8,10-11,13-14,16H2,1-4H3,(H,29,32)(H,34,35). The third-order valence-corrected chi connectivity index (χ3v) is 8.39. The van der Waals surface area contributed by atoms with Gasteiger partial charge in [-0.2, -0.15) is 0 Å². The van der Waals surface area contributed by atoms with Crippen molar-refractivity contribution in [1.82, 2.24) is 10.2 Å². The van der Waals surface area contributed by atoms with E-state index in [2.05, 4.69) is 24.1 Å². The van der Waals surface area contributed by atoms with Crippen LogP contribution in [0.1, 0.15) is 80.8 Å². The molecular formula is C28H37N3O6S. The molecule has 2 N–H and O–H groups in total. The van der Waals surface area contributed by atoms with Gasteiger partial charge in [-0.25, -0.2) is 9.59 Å². The highest BCUT2D eigenvalue weighted by Crippen LogP contribution is 2.38. The highest BCUT2D eigenvalue weighted by Gasteiger charge is 2.41. The molecule has 2 atom stereocenters. The van der Waals surface area contributed by atoms with Crippen LogP contribution in [0.25, 0.3) is 0 Å².